The Morgan fingerprint density at radius 2 is 1.86 bits per heavy atom. The van der Waals surface area contributed by atoms with Crippen molar-refractivity contribution in [3.05, 3.63) is 57.0 Å². The average Bonchev–Trinajstić information content (AvgIpc) is 2.63. The maximum Gasteiger partial charge on any atom is 0.418 e. The molecule has 0 heterocycles. The molecule has 1 N–H and O–H groups in total. The molecule has 1 atom stereocenters. The third kappa shape index (κ3) is 5.39. The summed E-state index contributed by atoms with van der Waals surface area (Å²) < 4.78 is 49.8. The Labute approximate surface area is 171 Å². The number of amides is 1. The van der Waals surface area contributed by atoms with Gasteiger partial charge in [0.2, 0.25) is 0 Å². The maximum atomic E-state index is 13.1. The van der Waals surface area contributed by atoms with Crippen LogP contribution < -0.4 is 10.1 Å². The molecule has 5 nitrogen and oxygen atoms in total. The predicted octanol–water partition coefficient (Wildman–Crippen LogP) is 5.31. The van der Waals surface area contributed by atoms with E-state index in [-0.39, 0.29) is 16.3 Å². The fourth-order valence-electron chi connectivity index (χ4n) is 2.18. The molecule has 0 bridgehead atoms. The quantitative estimate of drug-likeness (QED) is 0.589. The summed E-state index contributed by atoms with van der Waals surface area (Å²) >= 11 is 8.82. The van der Waals surface area contributed by atoms with E-state index in [0.29, 0.717) is 4.47 Å². The summed E-state index contributed by atoms with van der Waals surface area (Å²) in [6.07, 6.45) is -5.82. The van der Waals surface area contributed by atoms with Gasteiger partial charge >= 0.3 is 12.1 Å². The molecule has 2 rings (SSSR count). The highest BCUT2D eigenvalue weighted by Crippen LogP contribution is 2.36. The van der Waals surface area contributed by atoms with Crippen molar-refractivity contribution in [2.75, 3.05) is 12.4 Å². The molecule has 2 aromatic rings. The number of hydrogen-bond acceptors (Lipinski definition) is 4. The van der Waals surface area contributed by atoms with Crippen molar-refractivity contribution in [3.63, 3.8) is 0 Å². The summed E-state index contributed by atoms with van der Waals surface area (Å²) in [7, 11) is 1.24. The van der Waals surface area contributed by atoms with Crippen molar-refractivity contribution in [3.8, 4) is 5.75 Å². The minimum Gasteiger partial charge on any atom is -0.480 e. The van der Waals surface area contributed by atoms with Gasteiger partial charge in [0.15, 0.2) is 6.10 Å². The zero-order valence-electron chi connectivity index (χ0n) is 14.6. The Bertz CT molecular complexity index is 905. The highest BCUT2D eigenvalue weighted by molar-refractivity contribution is 9.10. The predicted molar refractivity (Wildman–Crippen MR) is 101 cm³/mol. The molecule has 0 aromatic heterocycles. The van der Waals surface area contributed by atoms with E-state index in [9.17, 15) is 22.8 Å². The van der Waals surface area contributed by atoms with Crippen molar-refractivity contribution < 1.29 is 32.2 Å². The zero-order chi connectivity index (χ0) is 21.1. The van der Waals surface area contributed by atoms with Crippen LogP contribution in [0.5, 0.6) is 5.75 Å². The van der Waals surface area contributed by atoms with Crippen molar-refractivity contribution >= 4 is 45.1 Å². The Balaban J connectivity index is 2.15. The summed E-state index contributed by atoms with van der Waals surface area (Å²) in [5, 5.41) is 2.08. The van der Waals surface area contributed by atoms with Gasteiger partial charge in [-0.05, 0) is 59.3 Å². The Kier molecular flexibility index (Phi) is 6.95. The molecule has 2 aromatic carbocycles. The van der Waals surface area contributed by atoms with Crippen molar-refractivity contribution in [1.29, 1.82) is 0 Å². The summed E-state index contributed by atoms with van der Waals surface area (Å²) in [6, 6.07) is 7.33. The highest BCUT2D eigenvalue weighted by Gasteiger charge is 2.34. The molecule has 0 radical (unpaired) electrons. The number of carbonyl (C=O) groups is 2. The molecule has 0 saturated carbocycles. The lowest BCUT2D eigenvalue weighted by Gasteiger charge is -2.18. The fraction of sp³-hybridized carbons (Fsp3) is 0.222. The third-order valence-corrected chi connectivity index (χ3v) is 4.43. The van der Waals surface area contributed by atoms with Crippen LogP contribution in [0, 0.1) is 0 Å². The first-order valence-corrected chi connectivity index (χ1v) is 8.92. The zero-order valence-corrected chi connectivity index (χ0v) is 16.9. The first-order chi connectivity index (χ1) is 13.0. The van der Waals surface area contributed by atoms with Crippen molar-refractivity contribution in [2.24, 2.45) is 0 Å². The standard InChI is InChI=1S/C18H14BrClF3NO4/c1-9(28-15-6-3-10(7-13(15)19)17(26)27-2)16(25)24-14-5-4-11(20)8-12(14)18(21,22)23/h3-9H,1-2H3,(H,24,25). The molecule has 0 fully saturated rings. The Hall–Kier alpha value is -2.26. The second-order valence-electron chi connectivity index (χ2n) is 5.57. The van der Waals surface area contributed by atoms with E-state index >= 15 is 0 Å². The largest absolute Gasteiger partial charge is 0.480 e. The molecule has 28 heavy (non-hydrogen) atoms. The number of esters is 1. The van der Waals surface area contributed by atoms with E-state index in [2.05, 4.69) is 26.0 Å². The van der Waals surface area contributed by atoms with Crippen LogP contribution in [0.1, 0.15) is 22.8 Å². The lowest BCUT2D eigenvalue weighted by atomic mass is 10.1. The molecular formula is C18H14BrClF3NO4. The molecule has 0 aliphatic rings. The molecule has 10 heteroatoms. The first-order valence-electron chi connectivity index (χ1n) is 7.75. The summed E-state index contributed by atoms with van der Waals surface area (Å²) in [4.78, 5) is 23.8. The topological polar surface area (TPSA) is 64.6 Å². The molecular weight excluding hydrogens is 467 g/mol. The first kappa shape index (κ1) is 22.0. The maximum absolute atomic E-state index is 13.1. The summed E-state index contributed by atoms with van der Waals surface area (Å²) in [5.74, 6) is -1.13. The molecule has 150 valence electrons. The molecule has 0 saturated heterocycles. The average molecular weight is 481 g/mol. The van der Waals surface area contributed by atoms with E-state index in [1.54, 1.807) is 0 Å². The summed E-state index contributed by atoms with van der Waals surface area (Å²) in [6.45, 7) is 1.37. The van der Waals surface area contributed by atoms with Crippen LogP contribution in [-0.4, -0.2) is 25.1 Å². The van der Waals surface area contributed by atoms with E-state index < -0.39 is 35.4 Å². The smallest absolute Gasteiger partial charge is 0.418 e. The van der Waals surface area contributed by atoms with Gasteiger partial charge < -0.3 is 14.8 Å². The number of alkyl halides is 3. The van der Waals surface area contributed by atoms with Crippen LogP contribution in [0.4, 0.5) is 18.9 Å². The minimum atomic E-state index is -4.69. The fourth-order valence-corrected chi connectivity index (χ4v) is 2.82. The molecule has 0 aliphatic carbocycles. The van der Waals surface area contributed by atoms with Crippen LogP contribution in [0.15, 0.2) is 40.9 Å². The van der Waals surface area contributed by atoms with Crippen LogP contribution in [0.2, 0.25) is 5.02 Å². The van der Waals surface area contributed by atoms with E-state index in [0.717, 1.165) is 12.1 Å². The van der Waals surface area contributed by atoms with Gasteiger partial charge in [-0.1, -0.05) is 11.6 Å². The normalized spacial score (nSPS) is 12.2. The third-order valence-electron chi connectivity index (χ3n) is 3.57. The number of methoxy groups -OCH3 is 1. The number of ether oxygens (including phenoxy) is 2. The van der Waals surface area contributed by atoms with Crippen molar-refractivity contribution in [2.45, 2.75) is 19.2 Å². The van der Waals surface area contributed by atoms with Gasteiger partial charge in [0, 0.05) is 5.02 Å². The van der Waals surface area contributed by atoms with Gasteiger partial charge in [-0.3, -0.25) is 4.79 Å². The lowest BCUT2D eigenvalue weighted by molar-refractivity contribution is -0.137. The second kappa shape index (κ2) is 8.83. The van der Waals surface area contributed by atoms with Gasteiger partial charge in [-0.15, -0.1) is 0 Å². The molecule has 0 aliphatic heterocycles. The Morgan fingerprint density at radius 1 is 1.18 bits per heavy atom. The van der Waals surface area contributed by atoms with Gasteiger partial charge in [-0.2, -0.15) is 13.2 Å². The number of benzene rings is 2. The van der Waals surface area contributed by atoms with Gasteiger partial charge in [0.25, 0.3) is 5.91 Å². The second-order valence-corrected chi connectivity index (χ2v) is 6.86. The number of halogens is 5. The lowest BCUT2D eigenvalue weighted by Crippen LogP contribution is -2.31. The number of anilines is 1. The van der Waals surface area contributed by atoms with Crippen molar-refractivity contribution in [1.82, 2.24) is 0 Å². The van der Waals surface area contributed by atoms with Gasteiger partial charge in [-0.25, -0.2) is 4.79 Å². The van der Waals surface area contributed by atoms with Crippen LogP contribution in [0.25, 0.3) is 0 Å². The van der Waals surface area contributed by atoms with Crippen LogP contribution >= 0.6 is 27.5 Å². The van der Waals surface area contributed by atoms with E-state index in [1.807, 2.05) is 0 Å². The summed E-state index contributed by atoms with van der Waals surface area (Å²) in [5.41, 5.74) is -1.24. The van der Waals surface area contributed by atoms with E-state index in [4.69, 9.17) is 16.3 Å². The van der Waals surface area contributed by atoms with Crippen LogP contribution in [0.3, 0.4) is 0 Å². The highest BCUT2D eigenvalue weighted by atomic mass is 79.9. The number of nitrogens with one attached hydrogen (secondary N) is 1. The molecule has 1 amide bonds. The number of rotatable bonds is 5. The monoisotopic (exact) mass is 479 g/mol. The van der Waals surface area contributed by atoms with E-state index in [1.165, 1.54) is 38.3 Å². The van der Waals surface area contributed by atoms with Crippen LogP contribution in [-0.2, 0) is 15.7 Å². The molecule has 1 unspecified atom stereocenters. The van der Waals surface area contributed by atoms with Gasteiger partial charge in [0.1, 0.15) is 5.75 Å². The molecule has 0 spiro atoms. The SMILES string of the molecule is COC(=O)c1ccc(OC(C)C(=O)Nc2ccc(Cl)cc2C(F)(F)F)c(Br)c1. The Morgan fingerprint density at radius 3 is 2.43 bits per heavy atom. The minimum absolute atomic E-state index is 0.107. The number of hydrogen-bond donors (Lipinski definition) is 1. The van der Waals surface area contributed by atoms with Gasteiger partial charge in [0.05, 0.1) is 28.4 Å². The number of carbonyl (C=O) groups excluding carboxylic acids is 2.